The van der Waals surface area contributed by atoms with Crippen LogP contribution >= 0.6 is 0 Å². The fourth-order valence-electron chi connectivity index (χ4n) is 1.67. The van der Waals surface area contributed by atoms with Gasteiger partial charge in [-0.15, -0.1) is 0 Å². The predicted octanol–water partition coefficient (Wildman–Crippen LogP) is 1.36. The number of carbonyl (C=O) groups is 3. The molecule has 108 valence electrons. The summed E-state index contributed by atoms with van der Waals surface area (Å²) in [5.41, 5.74) is -0.637. The molecule has 0 bridgehead atoms. The number of rotatable bonds is 4. The van der Waals surface area contributed by atoms with Crippen LogP contribution in [0.15, 0.2) is 0 Å². The molecule has 0 N–H and O–H groups in total. The average molecular weight is 272 g/mol. The zero-order valence-electron chi connectivity index (χ0n) is 11.9. The van der Waals surface area contributed by atoms with Crippen LogP contribution in [0.1, 0.15) is 47.5 Å². The molecule has 0 spiro atoms. The first-order valence-electron chi connectivity index (χ1n) is 6.13. The van der Waals surface area contributed by atoms with Crippen molar-refractivity contribution < 1.29 is 28.6 Å². The van der Waals surface area contributed by atoms with E-state index in [-0.39, 0.29) is 12.8 Å². The summed E-state index contributed by atoms with van der Waals surface area (Å²) in [5, 5.41) is 0. The Morgan fingerprint density at radius 3 is 2.32 bits per heavy atom. The maximum Gasteiger partial charge on any atom is 0.338 e. The predicted molar refractivity (Wildman–Crippen MR) is 65.1 cm³/mol. The zero-order valence-corrected chi connectivity index (χ0v) is 11.9. The molecule has 1 fully saturated rings. The Kier molecular flexibility index (Phi) is 4.35. The number of cyclic esters (lactones) is 1. The normalized spacial score (nSPS) is 21.9. The van der Waals surface area contributed by atoms with Gasteiger partial charge in [-0.2, -0.15) is 0 Å². The van der Waals surface area contributed by atoms with Crippen molar-refractivity contribution in [3.05, 3.63) is 0 Å². The molecule has 1 aliphatic heterocycles. The van der Waals surface area contributed by atoms with E-state index in [1.807, 2.05) is 0 Å². The van der Waals surface area contributed by atoms with Gasteiger partial charge in [0.25, 0.3) is 0 Å². The van der Waals surface area contributed by atoms with Gasteiger partial charge < -0.3 is 14.2 Å². The molecule has 1 unspecified atom stereocenters. The second-order valence-electron chi connectivity index (χ2n) is 5.93. The Hall–Kier alpha value is -1.43. The smallest absolute Gasteiger partial charge is 0.338 e. The molecule has 0 aromatic heterocycles. The van der Waals surface area contributed by atoms with Crippen LogP contribution < -0.4 is 0 Å². The minimum Gasteiger partial charge on any atom is -0.460 e. The van der Waals surface area contributed by atoms with Gasteiger partial charge in [-0.25, -0.2) is 4.79 Å². The summed E-state index contributed by atoms with van der Waals surface area (Å²) < 4.78 is 15.2. The standard InChI is InChI=1S/C13H20O6/c1-12(2,3)18-10(15)7-8(14)6-9-11(16)19-13(4,5)17-9/h9H,6-7H2,1-5H3. The van der Waals surface area contributed by atoms with E-state index in [2.05, 4.69) is 0 Å². The van der Waals surface area contributed by atoms with Crippen LogP contribution in [0.4, 0.5) is 0 Å². The van der Waals surface area contributed by atoms with E-state index in [0.717, 1.165) is 0 Å². The van der Waals surface area contributed by atoms with Gasteiger partial charge in [-0.05, 0) is 20.8 Å². The topological polar surface area (TPSA) is 78.9 Å². The fraction of sp³-hybridized carbons (Fsp3) is 0.769. The van der Waals surface area contributed by atoms with E-state index < -0.39 is 35.2 Å². The highest BCUT2D eigenvalue weighted by atomic mass is 16.8. The number of esters is 2. The highest BCUT2D eigenvalue weighted by Crippen LogP contribution is 2.25. The molecular formula is C13H20O6. The third-order valence-electron chi connectivity index (χ3n) is 2.21. The third-order valence-corrected chi connectivity index (χ3v) is 2.21. The van der Waals surface area contributed by atoms with Crippen molar-refractivity contribution >= 4 is 17.7 Å². The summed E-state index contributed by atoms with van der Waals surface area (Å²) in [6, 6.07) is 0. The van der Waals surface area contributed by atoms with Crippen molar-refractivity contribution in [2.45, 2.75) is 65.0 Å². The molecule has 0 aliphatic carbocycles. The fourth-order valence-corrected chi connectivity index (χ4v) is 1.67. The summed E-state index contributed by atoms with van der Waals surface area (Å²) in [6.07, 6.45) is -1.49. The number of Topliss-reactive ketones (excluding diaryl/α,β-unsaturated/α-hetero) is 1. The van der Waals surface area contributed by atoms with Gasteiger partial charge in [0.05, 0.1) is 0 Å². The Balaban J connectivity index is 2.44. The number of hydrogen-bond acceptors (Lipinski definition) is 6. The average Bonchev–Trinajstić information content (AvgIpc) is 2.34. The summed E-state index contributed by atoms with van der Waals surface area (Å²) in [5.74, 6) is -2.62. The van der Waals surface area contributed by atoms with Gasteiger partial charge in [0.15, 0.2) is 6.10 Å². The number of ketones is 1. The largest absolute Gasteiger partial charge is 0.460 e. The Morgan fingerprint density at radius 1 is 1.32 bits per heavy atom. The monoisotopic (exact) mass is 272 g/mol. The number of ether oxygens (including phenoxy) is 3. The highest BCUT2D eigenvalue weighted by Gasteiger charge is 2.42. The lowest BCUT2D eigenvalue weighted by molar-refractivity contribution is -0.160. The molecule has 19 heavy (non-hydrogen) atoms. The van der Waals surface area contributed by atoms with Gasteiger partial charge in [0.1, 0.15) is 17.8 Å². The first-order chi connectivity index (χ1) is 8.48. The van der Waals surface area contributed by atoms with Crippen LogP contribution in [-0.4, -0.2) is 35.2 Å². The minimum absolute atomic E-state index is 0.179. The van der Waals surface area contributed by atoms with Gasteiger partial charge in [-0.3, -0.25) is 9.59 Å². The van der Waals surface area contributed by atoms with Gasteiger partial charge in [-0.1, -0.05) is 0 Å². The molecule has 1 atom stereocenters. The molecule has 1 saturated heterocycles. The van der Waals surface area contributed by atoms with Gasteiger partial charge in [0.2, 0.25) is 5.79 Å². The van der Waals surface area contributed by atoms with Crippen molar-refractivity contribution in [1.29, 1.82) is 0 Å². The van der Waals surface area contributed by atoms with Crippen LogP contribution in [0.3, 0.4) is 0 Å². The second kappa shape index (κ2) is 5.28. The molecular weight excluding hydrogens is 252 g/mol. The van der Waals surface area contributed by atoms with E-state index in [4.69, 9.17) is 14.2 Å². The van der Waals surface area contributed by atoms with Crippen LogP contribution in [0, 0.1) is 0 Å². The third kappa shape index (κ3) is 5.38. The lowest BCUT2D eigenvalue weighted by Gasteiger charge is -2.19. The lowest BCUT2D eigenvalue weighted by atomic mass is 10.1. The van der Waals surface area contributed by atoms with Crippen LogP contribution in [0.2, 0.25) is 0 Å². The molecule has 0 radical (unpaired) electrons. The van der Waals surface area contributed by atoms with Gasteiger partial charge in [0, 0.05) is 20.3 Å². The summed E-state index contributed by atoms with van der Waals surface area (Å²) in [6.45, 7) is 8.33. The molecule has 0 aromatic carbocycles. The highest BCUT2D eigenvalue weighted by molar-refractivity contribution is 5.97. The zero-order chi connectivity index (χ0) is 14.8. The summed E-state index contributed by atoms with van der Waals surface area (Å²) in [7, 11) is 0. The molecule has 1 heterocycles. The molecule has 0 amide bonds. The quantitative estimate of drug-likeness (QED) is 0.568. The van der Waals surface area contributed by atoms with Crippen molar-refractivity contribution in [3.63, 3.8) is 0 Å². The van der Waals surface area contributed by atoms with E-state index in [0.29, 0.717) is 0 Å². The Morgan fingerprint density at radius 2 is 1.89 bits per heavy atom. The summed E-state index contributed by atoms with van der Waals surface area (Å²) >= 11 is 0. The van der Waals surface area contributed by atoms with Crippen molar-refractivity contribution in [2.75, 3.05) is 0 Å². The first-order valence-corrected chi connectivity index (χ1v) is 6.13. The van der Waals surface area contributed by atoms with Crippen LogP contribution in [0.5, 0.6) is 0 Å². The Bertz CT molecular complexity index is 390. The number of carbonyl (C=O) groups excluding carboxylic acids is 3. The summed E-state index contributed by atoms with van der Waals surface area (Å²) in [4.78, 5) is 34.5. The van der Waals surface area contributed by atoms with Crippen LogP contribution in [0.25, 0.3) is 0 Å². The molecule has 1 aliphatic rings. The lowest BCUT2D eigenvalue weighted by Crippen LogP contribution is -2.27. The molecule has 1 rings (SSSR count). The molecule has 0 saturated carbocycles. The van der Waals surface area contributed by atoms with E-state index in [1.54, 1.807) is 34.6 Å². The maximum absolute atomic E-state index is 11.7. The first kappa shape index (κ1) is 15.6. The van der Waals surface area contributed by atoms with E-state index in [9.17, 15) is 14.4 Å². The van der Waals surface area contributed by atoms with E-state index in [1.165, 1.54) is 0 Å². The van der Waals surface area contributed by atoms with E-state index >= 15 is 0 Å². The van der Waals surface area contributed by atoms with Crippen LogP contribution in [-0.2, 0) is 28.6 Å². The maximum atomic E-state index is 11.7. The molecule has 0 aromatic rings. The SMILES string of the molecule is CC(C)(C)OC(=O)CC(=O)CC1OC(C)(C)OC1=O. The van der Waals surface area contributed by atoms with Crippen molar-refractivity contribution in [2.24, 2.45) is 0 Å². The van der Waals surface area contributed by atoms with Crippen molar-refractivity contribution in [1.82, 2.24) is 0 Å². The second-order valence-corrected chi connectivity index (χ2v) is 5.93. The molecule has 6 heteroatoms. The van der Waals surface area contributed by atoms with Crippen molar-refractivity contribution in [3.8, 4) is 0 Å². The van der Waals surface area contributed by atoms with Gasteiger partial charge >= 0.3 is 11.9 Å². The minimum atomic E-state index is -1.02. The number of hydrogen-bond donors (Lipinski definition) is 0. The Labute approximate surface area is 112 Å². The molecule has 6 nitrogen and oxygen atoms in total.